The Morgan fingerprint density at radius 3 is 2.40 bits per heavy atom. The van der Waals surface area contributed by atoms with Crippen LogP contribution < -0.4 is 5.09 Å². The number of carbonyl (C=O) groups excluding carboxylic acids is 1. The second-order valence-corrected chi connectivity index (χ2v) is 5.32. The third-order valence-electron chi connectivity index (χ3n) is 1.55. The minimum Gasteiger partial charge on any atom is -0.329 e. The van der Waals surface area contributed by atoms with Gasteiger partial charge in [0, 0.05) is 5.57 Å². The van der Waals surface area contributed by atoms with Crippen LogP contribution in [-0.2, 0) is 13.9 Å². The highest BCUT2D eigenvalue weighted by atomic mass is 31.1. The summed E-state index contributed by atoms with van der Waals surface area (Å²) in [4.78, 5) is 11.0. The first kappa shape index (κ1) is 14.2. The van der Waals surface area contributed by atoms with E-state index < -0.39 is 14.1 Å². The lowest BCUT2D eigenvalue weighted by Crippen LogP contribution is -2.37. The Balaban J connectivity index is 3.77. The Bertz CT molecular complexity index is 271. The molecule has 1 N–H and O–H groups in total. The van der Waals surface area contributed by atoms with Crippen molar-refractivity contribution in [3.05, 3.63) is 12.2 Å². The van der Waals surface area contributed by atoms with E-state index in [1.165, 1.54) is 0 Å². The maximum absolute atomic E-state index is 11.2. The summed E-state index contributed by atoms with van der Waals surface area (Å²) < 4.78 is 16.9. The fourth-order valence-electron chi connectivity index (χ4n) is 0.608. The van der Waals surface area contributed by atoms with Crippen LogP contribution in [0.15, 0.2) is 12.2 Å². The van der Waals surface area contributed by atoms with Gasteiger partial charge in [-0.15, -0.1) is 9.61 Å². The van der Waals surface area contributed by atoms with E-state index in [2.05, 4.69) is 11.7 Å². The third-order valence-corrected chi connectivity index (χ3v) is 2.35. The smallest absolute Gasteiger partial charge is 0.329 e. The predicted octanol–water partition coefficient (Wildman–Crippen LogP) is 1.06. The van der Waals surface area contributed by atoms with E-state index in [4.69, 9.17) is 4.52 Å². The van der Waals surface area contributed by atoms with Crippen molar-refractivity contribution in [2.75, 3.05) is 34.3 Å². The van der Waals surface area contributed by atoms with Gasteiger partial charge < -0.3 is 4.48 Å². The molecule has 1 unspecified atom stereocenters. The number of amides is 1. The van der Waals surface area contributed by atoms with E-state index >= 15 is 0 Å². The fourth-order valence-corrected chi connectivity index (χ4v) is 1.28. The summed E-state index contributed by atoms with van der Waals surface area (Å²) in [6, 6.07) is 0. The number of likely N-dealkylation sites (N-methyl/N-ethyl adjacent to an activating group) is 1. The van der Waals surface area contributed by atoms with Crippen molar-refractivity contribution in [3.63, 3.8) is 0 Å². The van der Waals surface area contributed by atoms with E-state index in [1.807, 2.05) is 21.1 Å². The highest BCUT2D eigenvalue weighted by Gasteiger charge is 2.23. The molecule has 0 aromatic carbocycles. The Labute approximate surface area is 91.6 Å². The normalized spacial score (nSPS) is 12.1. The minimum atomic E-state index is -2.13. The zero-order chi connectivity index (χ0) is 12.1. The lowest BCUT2D eigenvalue weighted by Gasteiger charge is -2.21. The molecule has 5 nitrogen and oxygen atoms in total. The van der Waals surface area contributed by atoms with Crippen molar-refractivity contribution in [1.29, 1.82) is 0 Å². The van der Waals surface area contributed by atoms with Gasteiger partial charge >= 0.3 is 8.18 Å². The van der Waals surface area contributed by atoms with Crippen LogP contribution in [0.1, 0.15) is 6.92 Å². The molecule has 0 aliphatic carbocycles. The van der Waals surface area contributed by atoms with Gasteiger partial charge in [0.05, 0.1) is 21.1 Å². The quantitative estimate of drug-likeness (QED) is 0.424. The maximum Gasteiger partial charge on any atom is 0.646 e. The number of rotatable bonds is 6. The second kappa shape index (κ2) is 5.95. The van der Waals surface area contributed by atoms with Gasteiger partial charge in [0.2, 0.25) is 0 Å². The van der Waals surface area contributed by atoms with Crippen LogP contribution in [0.4, 0.5) is 0 Å². The molecule has 0 aliphatic heterocycles. The molecule has 15 heavy (non-hydrogen) atoms. The Morgan fingerprint density at radius 2 is 2.00 bits per heavy atom. The van der Waals surface area contributed by atoms with E-state index in [-0.39, 0.29) is 0 Å². The molecule has 0 aliphatic rings. The molecule has 1 atom stereocenters. The molecule has 86 valence electrons. The molecule has 0 saturated heterocycles. The maximum atomic E-state index is 11.2. The van der Waals surface area contributed by atoms with E-state index in [0.717, 1.165) is 11.0 Å². The number of hydrogen-bond acceptors (Lipinski definition) is 3. The monoisotopic (exact) mass is 234 g/mol. The second-order valence-electron chi connectivity index (χ2n) is 4.33. The van der Waals surface area contributed by atoms with Gasteiger partial charge in [-0.1, -0.05) is 6.58 Å². The lowest BCUT2D eigenvalue weighted by atomic mass is 10.3. The molecule has 0 aromatic heterocycles. The first-order valence-corrected chi connectivity index (χ1v) is 5.77. The van der Waals surface area contributed by atoms with Crippen LogP contribution in [-0.4, -0.2) is 44.7 Å². The van der Waals surface area contributed by atoms with Crippen molar-refractivity contribution in [1.82, 2.24) is 5.09 Å². The molecule has 1 amide bonds. The summed E-state index contributed by atoms with van der Waals surface area (Å²) in [6.07, 6.45) is 0. The van der Waals surface area contributed by atoms with Gasteiger partial charge in [0.15, 0.2) is 6.61 Å². The summed E-state index contributed by atoms with van der Waals surface area (Å²) in [5.74, 6) is -0.443. The average Bonchev–Trinajstić information content (AvgIpc) is 2.01. The van der Waals surface area contributed by atoms with Crippen molar-refractivity contribution >= 4 is 14.1 Å². The van der Waals surface area contributed by atoms with Gasteiger partial charge in [-0.05, 0) is 11.5 Å². The molecule has 0 heterocycles. The molecular weight excluding hydrogens is 215 g/mol. The predicted molar refractivity (Wildman–Crippen MR) is 59.4 cm³/mol. The van der Waals surface area contributed by atoms with Gasteiger partial charge in [0.1, 0.15) is 6.54 Å². The van der Waals surface area contributed by atoms with Crippen molar-refractivity contribution in [3.8, 4) is 0 Å². The average molecular weight is 234 g/mol. The summed E-state index contributed by atoms with van der Waals surface area (Å²) in [5.41, 5.74) is 0.313. The van der Waals surface area contributed by atoms with Crippen LogP contribution in [0.3, 0.4) is 0 Å². The molecule has 0 aromatic rings. The van der Waals surface area contributed by atoms with E-state index in [1.54, 1.807) is 6.92 Å². The summed E-state index contributed by atoms with van der Waals surface area (Å²) in [5, 5.41) is 2.21. The SMILES string of the molecule is C=C(C)C(=O)N[P+](=O)OCC[N+](C)(C)C. The Morgan fingerprint density at radius 1 is 1.47 bits per heavy atom. The van der Waals surface area contributed by atoms with Crippen LogP contribution in [0.5, 0.6) is 0 Å². The Hall–Kier alpha value is -0.770. The number of nitrogens with zero attached hydrogens (tertiary/aromatic N) is 1. The minimum absolute atomic E-state index is 0.313. The number of nitrogens with one attached hydrogen (secondary N) is 1. The van der Waals surface area contributed by atoms with Crippen LogP contribution in [0.2, 0.25) is 0 Å². The van der Waals surface area contributed by atoms with Crippen molar-refractivity contribution in [2.24, 2.45) is 0 Å². The molecule has 6 heteroatoms. The van der Waals surface area contributed by atoms with Crippen molar-refractivity contribution in [2.45, 2.75) is 6.92 Å². The van der Waals surface area contributed by atoms with Crippen LogP contribution >= 0.6 is 8.18 Å². The molecule has 0 fully saturated rings. The first-order chi connectivity index (χ1) is 6.72. The molecule has 0 spiro atoms. The molecule has 0 bridgehead atoms. The van der Waals surface area contributed by atoms with Crippen LogP contribution in [0.25, 0.3) is 0 Å². The van der Waals surface area contributed by atoms with Crippen LogP contribution in [0, 0.1) is 0 Å². The number of carbonyl (C=O) groups is 1. The molecule has 0 radical (unpaired) electrons. The third kappa shape index (κ3) is 8.24. The van der Waals surface area contributed by atoms with Gasteiger partial charge in [-0.25, -0.2) is 0 Å². The summed E-state index contributed by atoms with van der Waals surface area (Å²) in [6.45, 7) is 6.04. The summed E-state index contributed by atoms with van der Waals surface area (Å²) >= 11 is 0. The zero-order valence-corrected chi connectivity index (χ0v) is 10.6. The van der Waals surface area contributed by atoms with Gasteiger partial charge in [-0.3, -0.25) is 4.79 Å². The van der Waals surface area contributed by atoms with E-state index in [0.29, 0.717) is 12.2 Å². The number of quaternary nitrogens is 1. The van der Waals surface area contributed by atoms with Gasteiger partial charge in [-0.2, -0.15) is 0 Å². The zero-order valence-electron chi connectivity index (χ0n) is 9.74. The fraction of sp³-hybridized carbons (Fsp3) is 0.667. The lowest BCUT2D eigenvalue weighted by molar-refractivity contribution is -0.870. The highest BCUT2D eigenvalue weighted by Crippen LogP contribution is 2.16. The molecular formula is C9H19N2O3P+2. The molecule has 0 rings (SSSR count). The van der Waals surface area contributed by atoms with E-state index in [9.17, 15) is 9.36 Å². The largest absolute Gasteiger partial charge is 0.646 e. The standard InChI is InChI=1S/C9H18N2O3P/c1-8(2)9(12)10-15(13)14-7-6-11(3,4)5/h1,6-7H2,2-5H3/q+1/p+1. The number of hydrogen-bond donors (Lipinski definition) is 1. The highest BCUT2D eigenvalue weighted by molar-refractivity contribution is 7.37. The topological polar surface area (TPSA) is 55.4 Å². The van der Waals surface area contributed by atoms with Gasteiger partial charge in [0.25, 0.3) is 5.91 Å². The first-order valence-electron chi connectivity index (χ1n) is 4.59. The Kier molecular flexibility index (Phi) is 5.65. The summed E-state index contributed by atoms with van der Waals surface area (Å²) in [7, 11) is 3.88. The molecule has 0 saturated carbocycles. The van der Waals surface area contributed by atoms with Crippen molar-refractivity contribution < 1.29 is 18.4 Å².